The Morgan fingerprint density at radius 1 is 1.39 bits per heavy atom. The van der Waals surface area contributed by atoms with Gasteiger partial charge in [0, 0.05) is 44.9 Å². The molecule has 0 aliphatic heterocycles. The van der Waals surface area contributed by atoms with Gasteiger partial charge in [-0.1, -0.05) is 19.3 Å². The highest BCUT2D eigenvalue weighted by Gasteiger charge is 2.21. The molecule has 1 saturated carbocycles. The van der Waals surface area contributed by atoms with Gasteiger partial charge in [-0.25, -0.2) is 0 Å². The number of nitrogens with zero attached hydrogens (tertiary/aromatic N) is 2. The molecule has 0 bridgehead atoms. The fourth-order valence-corrected chi connectivity index (χ4v) is 2.81. The zero-order chi connectivity index (χ0) is 12.8. The first-order valence-electron chi connectivity index (χ1n) is 7.03. The minimum Gasteiger partial charge on any atom is -0.383 e. The fourth-order valence-electron chi connectivity index (χ4n) is 2.81. The third kappa shape index (κ3) is 3.56. The number of rotatable bonds is 6. The summed E-state index contributed by atoms with van der Waals surface area (Å²) in [7, 11) is 3.75. The van der Waals surface area contributed by atoms with Gasteiger partial charge in [-0.15, -0.1) is 0 Å². The second-order valence-corrected chi connectivity index (χ2v) is 5.22. The second kappa shape index (κ2) is 6.90. The summed E-state index contributed by atoms with van der Waals surface area (Å²) in [4.78, 5) is 0. The van der Waals surface area contributed by atoms with Gasteiger partial charge < -0.3 is 10.1 Å². The van der Waals surface area contributed by atoms with Gasteiger partial charge in [0.1, 0.15) is 0 Å². The minimum atomic E-state index is 0.680. The number of methoxy groups -OCH3 is 1. The van der Waals surface area contributed by atoms with Crippen LogP contribution in [0.2, 0.25) is 0 Å². The monoisotopic (exact) mass is 251 g/mol. The van der Waals surface area contributed by atoms with Crippen LogP contribution in [0.5, 0.6) is 0 Å². The van der Waals surface area contributed by atoms with E-state index in [0.29, 0.717) is 5.92 Å². The Morgan fingerprint density at radius 3 is 2.89 bits per heavy atom. The molecule has 18 heavy (non-hydrogen) atoms. The molecule has 1 aromatic rings. The minimum absolute atomic E-state index is 0.680. The van der Waals surface area contributed by atoms with Crippen LogP contribution in [0.4, 0.5) is 0 Å². The van der Waals surface area contributed by atoms with E-state index in [4.69, 9.17) is 4.74 Å². The molecule has 0 radical (unpaired) electrons. The molecular formula is C14H25N3O. The Hall–Kier alpha value is -0.870. The van der Waals surface area contributed by atoms with Gasteiger partial charge in [-0.05, 0) is 12.8 Å². The van der Waals surface area contributed by atoms with E-state index in [9.17, 15) is 0 Å². The Kier molecular flexibility index (Phi) is 5.20. The third-order valence-electron chi connectivity index (χ3n) is 3.73. The Morgan fingerprint density at radius 2 is 2.17 bits per heavy atom. The van der Waals surface area contributed by atoms with Crippen molar-refractivity contribution in [1.29, 1.82) is 0 Å². The number of hydrogen-bond acceptors (Lipinski definition) is 3. The van der Waals surface area contributed by atoms with E-state index >= 15 is 0 Å². The zero-order valence-electron chi connectivity index (χ0n) is 11.6. The number of aromatic nitrogens is 2. The van der Waals surface area contributed by atoms with Gasteiger partial charge in [0.15, 0.2) is 0 Å². The molecule has 0 amide bonds. The summed E-state index contributed by atoms with van der Waals surface area (Å²) in [6.07, 6.45) is 8.88. The maximum atomic E-state index is 5.05. The molecule has 1 fully saturated rings. The van der Waals surface area contributed by atoms with Gasteiger partial charge in [0.25, 0.3) is 0 Å². The molecule has 4 nitrogen and oxygen atoms in total. The molecule has 0 aromatic carbocycles. The molecule has 1 aliphatic rings. The predicted molar refractivity (Wildman–Crippen MR) is 72.6 cm³/mol. The Labute approximate surface area is 110 Å². The highest BCUT2D eigenvalue weighted by molar-refractivity contribution is 5.21. The first kappa shape index (κ1) is 13.6. The van der Waals surface area contributed by atoms with E-state index in [1.54, 1.807) is 7.11 Å². The summed E-state index contributed by atoms with van der Waals surface area (Å²) >= 11 is 0. The van der Waals surface area contributed by atoms with Crippen LogP contribution >= 0.6 is 0 Å². The molecule has 0 unspecified atom stereocenters. The summed E-state index contributed by atoms with van der Waals surface area (Å²) in [6, 6.07) is 0. The van der Waals surface area contributed by atoms with Crippen molar-refractivity contribution in [3.8, 4) is 0 Å². The van der Waals surface area contributed by atoms with Gasteiger partial charge >= 0.3 is 0 Å². The van der Waals surface area contributed by atoms with Gasteiger partial charge in [0.05, 0.1) is 12.3 Å². The normalized spacial score (nSPS) is 17.2. The number of aryl methyl sites for hydroxylation is 1. The topological polar surface area (TPSA) is 39.1 Å². The van der Waals surface area contributed by atoms with Gasteiger partial charge in [-0.2, -0.15) is 5.10 Å². The van der Waals surface area contributed by atoms with Crippen LogP contribution in [-0.2, 0) is 18.3 Å². The van der Waals surface area contributed by atoms with E-state index in [0.717, 1.165) is 19.7 Å². The highest BCUT2D eigenvalue weighted by atomic mass is 16.5. The van der Waals surface area contributed by atoms with E-state index in [1.165, 1.54) is 43.4 Å². The molecule has 102 valence electrons. The molecule has 1 aliphatic carbocycles. The van der Waals surface area contributed by atoms with Crippen molar-refractivity contribution in [2.24, 2.45) is 7.05 Å². The van der Waals surface area contributed by atoms with Crippen LogP contribution in [0.25, 0.3) is 0 Å². The standard InChI is InChI=1S/C14H25N3O/c1-17-11-13(10-15-8-9-18-2)14(16-17)12-6-4-3-5-7-12/h11-12,15H,3-10H2,1-2H3. The lowest BCUT2D eigenvalue weighted by Gasteiger charge is -2.21. The number of hydrogen-bond donors (Lipinski definition) is 1. The van der Waals surface area contributed by atoms with Crippen LogP contribution in [0.3, 0.4) is 0 Å². The average Bonchev–Trinajstić information content (AvgIpc) is 2.77. The van der Waals surface area contributed by atoms with Crippen LogP contribution in [0.15, 0.2) is 6.20 Å². The van der Waals surface area contributed by atoms with Crippen molar-refractivity contribution in [2.75, 3.05) is 20.3 Å². The van der Waals surface area contributed by atoms with Crippen molar-refractivity contribution in [1.82, 2.24) is 15.1 Å². The largest absolute Gasteiger partial charge is 0.383 e. The predicted octanol–water partition coefficient (Wildman–Crippen LogP) is 2.20. The maximum Gasteiger partial charge on any atom is 0.0700 e. The molecule has 0 saturated heterocycles. The Balaban J connectivity index is 1.95. The molecule has 4 heteroatoms. The Bertz CT molecular complexity index is 356. The molecule has 1 heterocycles. The average molecular weight is 251 g/mol. The number of ether oxygens (including phenoxy) is 1. The summed E-state index contributed by atoms with van der Waals surface area (Å²) in [5.74, 6) is 0.680. The van der Waals surface area contributed by atoms with E-state index in [1.807, 2.05) is 11.7 Å². The molecule has 1 aromatic heterocycles. The first-order chi connectivity index (χ1) is 8.81. The van der Waals surface area contributed by atoms with E-state index in [2.05, 4.69) is 16.6 Å². The van der Waals surface area contributed by atoms with Crippen LogP contribution < -0.4 is 5.32 Å². The fraction of sp³-hybridized carbons (Fsp3) is 0.786. The molecule has 1 N–H and O–H groups in total. The van der Waals surface area contributed by atoms with Crippen molar-refractivity contribution in [3.63, 3.8) is 0 Å². The summed E-state index contributed by atoms with van der Waals surface area (Å²) in [6.45, 7) is 2.57. The molecule has 2 rings (SSSR count). The maximum absolute atomic E-state index is 5.05. The first-order valence-corrected chi connectivity index (χ1v) is 7.03. The van der Waals surface area contributed by atoms with Gasteiger partial charge in [0.2, 0.25) is 0 Å². The molecular weight excluding hydrogens is 226 g/mol. The third-order valence-corrected chi connectivity index (χ3v) is 3.73. The van der Waals surface area contributed by atoms with Crippen LogP contribution in [-0.4, -0.2) is 30.0 Å². The van der Waals surface area contributed by atoms with E-state index < -0.39 is 0 Å². The van der Waals surface area contributed by atoms with Crippen molar-refractivity contribution in [2.45, 2.75) is 44.6 Å². The zero-order valence-corrected chi connectivity index (χ0v) is 11.6. The summed E-state index contributed by atoms with van der Waals surface area (Å²) < 4.78 is 7.00. The van der Waals surface area contributed by atoms with Crippen LogP contribution in [0.1, 0.15) is 49.3 Å². The van der Waals surface area contributed by atoms with Crippen molar-refractivity contribution >= 4 is 0 Å². The quantitative estimate of drug-likeness (QED) is 0.788. The lowest BCUT2D eigenvalue weighted by molar-refractivity contribution is 0.199. The highest BCUT2D eigenvalue weighted by Crippen LogP contribution is 2.33. The lowest BCUT2D eigenvalue weighted by Crippen LogP contribution is -2.19. The SMILES string of the molecule is COCCNCc1cn(C)nc1C1CCCCC1. The summed E-state index contributed by atoms with van der Waals surface area (Å²) in [5, 5.41) is 8.10. The molecule has 0 atom stereocenters. The van der Waals surface area contributed by atoms with E-state index in [-0.39, 0.29) is 0 Å². The van der Waals surface area contributed by atoms with Crippen molar-refractivity contribution < 1.29 is 4.74 Å². The second-order valence-electron chi connectivity index (χ2n) is 5.22. The summed E-state index contributed by atoms with van der Waals surface area (Å²) in [5.41, 5.74) is 2.68. The number of nitrogens with one attached hydrogen (secondary N) is 1. The molecule has 0 spiro atoms. The van der Waals surface area contributed by atoms with Gasteiger partial charge in [-0.3, -0.25) is 4.68 Å². The smallest absolute Gasteiger partial charge is 0.0700 e. The lowest BCUT2D eigenvalue weighted by atomic mass is 9.85. The van der Waals surface area contributed by atoms with Crippen LogP contribution in [0, 0.1) is 0 Å². The van der Waals surface area contributed by atoms with Crippen molar-refractivity contribution in [3.05, 3.63) is 17.5 Å².